The molecule has 8 heteroatoms. The first-order valence-corrected chi connectivity index (χ1v) is 12.2. The maximum absolute atomic E-state index is 13.2. The molecule has 3 N–H and O–H groups in total. The van der Waals surface area contributed by atoms with Crippen molar-refractivity contribution >= 4 is 28.9 Å². The van der Waals surface area contributed by atoms with Gasteiger partial charge in [0.1, 0.15) is 12.4 Å². The van der Waals surface area contributed by atoms with Gasteiger partial charge in [-0.05, 0) is 48.2 Å². The van der Waals surface area contributed by atoms with Gasteiger partial charge in [0.05, 0.1) is 29.2 Å². The number of aromatic amines is 1. The second kappa shape index (κ2) is 10.4. The zero-order chi connectivity index (χ0) is 25.8. The van der Waals surface area contributed by atoms with Crippen LogP contribution in [-0.4, -0.2) is 33.2 Å². The number of anilines is 3. The van der Waals surface area contributed by atoms with Gasteiger partial charge < -0.3 is 20.4 Å². The molecule has 1 aliphatic carbocycles. The summed E-state index contributed by atoms with van der Waals surface area (Å²) in [5.41, 5.74) is 5.45. The molecule has 1 amide bonds. The minimum atomic E-state index is -0.314. The molecule has 4 aromatic rings. The van der Waals surface area contributed by atoms with Crippen molar-refractivity contribution < 1.29 is 14.3 Å². The molecule has 0 saturated heterocycles. The number of Topliss-reactive ketones (excluding diaryl/α,β-unsaturated/α-hetero) is 1. The summed E-state index contributed by atoms with van der Waals surface area (Å²) in [6.45, 7) is 4.33. The minimum absolute atomic E-state index is 0.111. The lowest BCUT2D eigenvalue weighted by atomic mass is 9.76. The van der Waals surface area contributed by atoms with Gasteiger partial charge in [0, 0.05) is 35.8 Å². The van der Waals surface area contributed by atoms with Crippen molar-refractivity contribution in [2.45, 2.75) is 33.3 Å². The van der Waals surface area contributed by atoms with Crippen LogP contribution in [0.15, 0.2) is 73.1 Å². The molecule has 37 heavy (non-hydrogen) atoms. The Bertz CT molecular complexity index is 1410. The van der Waals surface area contributed by atoms with E-state index in [0.29, 0.717) is 17.8 Å². The average Bonchev–Trinajstić information content (AvgIpc) is 3.22. The topological polar surface area (TPSA) is 109 Å². The number of para-hydroxylation sites is 1. The molecule has 1 aliphatic rings. The Morgan fingerprint density at radius 2 is 1.84 bits per heavy atom. The van der Waals surface area contributed by atoms with Crippen LogP contribution in [-0.2, 0) is 22.6 Å². The molecule has 3 aromatic heterocycles. The molecule has 188 valence electrons. The van der Waals surface area contributed by atoms with Crippen LogP contribution in [0.2, 0.25) is 0 Å². The highest BCUT2D eigenvalue weighted by Gasteiger charge is 2.35. The number of nitrogens with one attached hydrogen (secondary N) is 3. The van der Waals surface area contributed by atoms with Gasteiger partial charge >= 0.3 is 0 Å². The molecule has 0 bridgehead atoms. The number of aromatic nitrogens is 3. The van der Waals surface area contributed by atoms with Crippen molar-refractivity contribution in [1.82, 2.24) is 15.0 Å². The highest BCUT2D eigenvalue weighted by atomic mass is 16.5. The van der Waals surface area contributed by atoms with Gasteiger partial charge in [-0.2, -0.15) is 0 Å². The molecule has 5 rings (SSSR count). The van der Waals surface area contributed by atoms with Crippen molar-refractivity contribution in [2.75, 3.05) is 17.2 Å². The lowest BCUT2D eigenvalue weighted by Crippen LogP contribution is -2.26. The molecule has 0 atom stereocenters. The summed E-state index contributed by atoms with van der Waals surface area (Å²) in [5.74, 6) is 0.194. The predicted octanol–water partition coefficient (Wildman–Crippen LogP) is 5.53. The van der Waals surface area contributed by atoms with Crippen LogP contribution in [0.25, 0.3) is 11.3 Å². The van der Waals surface area contributed by atoms with Crippen LogP contribution >= 0.6 is 0 Å². The Labute approximate surface area is 215 Å². The van der Waals surface area contributed by atoms with E-state index in [1.54, 1.807) is 18.5 Å². The van der Waals surface area contributed by atoms with Gasteiger partial charge in [-0.1, -0.05) is 38.1 Å². The van der Waals surface area contributed by atoms with Gasteiger partial charge in [-0.25, -0.2) is 4.98 Å². The van der Waals surface area contributed by atoms with Crippen molar-refractivity contribution in [3.8, 4) is 11.3 Å². The Morgan fingerprint density at radius 1 is 1.03 bits per heavy atom. The number of fused-ring (bicyclic) bond motifs is 1. The van der Waals surface area contributed by atoms with Crippen LogP contribution < -0.4 is 10.6 Å². The third-order valence-electron chi connectivity index (χ3n) is 6.22. The van der Waals surface area contributed by atoms with Gasteiger partial charge in [0.2, 0.25) is 0 Å². The monoisotopic (exact) mass is 495 g/mol. The predicted molar refractivity (Wildman–Crippen MR) is 143 cm³/mol. The maximum atomic E-state index is 13.2. The zero-order valence-electron chi connectivity index (χ0n) is 20.9. The summed E-state index contributed by atoms with van der Waals surface area (Å²) in [4.78, 5) is 37.7. The van der Waals surface area contributed by atoms with Crippen LogP contribution in [0.1, 0.15) is 42.0 Å². The summed E-state index contributed by atoms with van der Waals surface area (Å²) in [6.07, 6.45) is 4.57. The summed E-state index contributed by atoms with van der Waals surface area (Å²) >= 11 is 0. The number of carbonyl (C=O) groups is 2. The number of hydrogen-bond donors (Lipinski definition) is 3. The van der Waals surface area contributed by atoms with Crippen molar-refractivity contribution in [3.05, 3.63) is 90.0 Å². The first-order valence-electron chi connectivity index (χ1n) is 12.2. The van der Waals surface area contributed by atoms with E-state index in [-0.39, 0.29) is 30.3 Å². The Hall–Kier alpha value is -4.30. The fourth-order valence-corrected chi connectivity index (χ4v) is 4.63. The molecule has 3 heterocycles. The lowest BCUT2D eigenvalue weighted by Gasteiger charge is -2.28. The molecule has 0 radical (unpaired) electrons. The number of ether oxygens (including phenoxy) is 1. The number of amides is 1. The summed E-state index contributed by atoms with van der Waals surface area (Å²) in [5, 5.41) is 6.25. The quantitative estimate of drug-likeness (QED) is 0.297. The number of ketones is 1. The van der Waals surface area contributed by atoms with Gasteiger partial charge in [0.25, 0.3) is 5.91 Å². The van der Waals surface area contributed by atoms with E-state index in [4.69, 9.17) is 4.74 Å². The van der Waals surface area contributed by atoms with Crippen LogP contribution in [0.4, 0.5) is 17.2 Å². The number of nitrogens with zero attached hydrogens (tertiary/aromatic N) is 2. The zero-order valence-corrected chi connectivity index (χ0v) is 20.9. The SMILES string of the molecule is CC1(C)CC(=O)c2c([nH]c(-c3ccnc(NC(=O)COCc4ccccn4)c3)c2Nc2ccccc2)C1. The second-order valence-corrected chi connectivity index (χ2v) is 9.95. The number of carbonyl (C=O) groups excluding carboxylic acids is 2. The van der Waals surface area contributed by atoms with Crippen molar-refractivity contribution in [3.63, 3.8) is 0 Å². The van der Waals surface area contributed by atoms with E-state index in [2.05, 4.69) is 39.4 Å². The largest absolute Gasteiger partial charge is 0.365 e. The standard InChI is InChI=1S/C29H29N5O3/c1-29(2)15-22-26(23(35)16-29)28(32-20-8-4-3-5-9-20)27(33-22)19-11-13-31-24(14-19)34-25(36)18-37-17-21-10-6-7-12-30-21/h3-14,32-33H,15-18H2,1-2H3,(H,31,34,36). The number of rotatable bonds is 8. The lowest BCUT2D eigenvalue weighted by molar-refractivity contribution is -0.121. The molecule has 0 spiro atoms. The summed E-state index contributed by atoms with van der Waals surface area (Å²) in [7, 11) is 0. The molecule has 8 nitrogen and oxygen atoms in total. The van der Waals surface area contributed by atoms with Crippen LogP contribution in [0.5, 0.6) is 0 Å². The van der Waals surface area contributed by atoms with E-state index in [0.717, 1.165) is 40.4 Å². The van der Waals surface area contributed by atoms with Gasteiger partial charge in [-0.3, -0.25) is 14.6 Å². The highest BCUT2D eigenvalue weighted by Crippen LogP contribution is 2.43. The normalized spacial score (nSPS) is 14.2. The Balaban J connectivity index is 1.39. The molecule has 0 unspecified atom stereocenters. The second-order valence-electron chi connectivity index (χ2n) is 9.95. The first-order chi connectivity index (χ1) is 17.9. The Kier molecular flexibility index (Phi) is 6.83. The van der Waals surface area contributed by atoms with E-state index in [1.807, 2.05) is 54.6 Å². The minimum Gasteiger partial charge on any atom is -0.365 e. The summed E-state index contributed by atoms with van der Waals surface area (Å²) in [6, 6.07) is 18.9. The van der Waals surface area contributed by atoms with E-state index in [9.17, 15) is 9.59 Å². The number of H-pyrrole nitrogens is 1. The molecule has 1 aromatic carbocycles. The highest BCUT2D eigenvalue weighted by molar-refractivity contribution is 6.08. The molecule has 0 saturated carbocycles. The first kappa shape index (κ1) is 24.4. The molecule has 0 aliphatic heterocycles. The number of benzene rings is 1. The third-order valence-corrected chi connectivity index (χ3v) is 6.22. The van der Waals surface area contributed by atoms with Crippen LogP contribution in [0.3, 0.4) is 0 Å². The number of pyridine rings is 2. The van der Waals surface area contributed by atoms with E-state index >= 15 is 0 Å². The van der Waals surface area contributed by atoms with E-state index in [1.165, 1.54) is 0 Å². The molecular weight excluding hydrogens is 466 g/mol. The van der Waals surface area contributed by atoms with Gasteiger partial charge in [0.15, 0.2) is 5.78 Å². The van der Waals surface area contributed by atoms with E-state index < -0.39 is 0 Å². The maximum Gasteiger partial charge on any atom is 0.251 e. The summed E-state index contributed by atoms with van der Waals surface area (Å²) < 4.78 is 5.48. The average molecular weight is 496 g/mol. The van der Waals surface area contributed by atoms with Crippen molar-refractivity contribution in [2.24, 2.45) is 5.41 Å². The Morgan fingerprint density at radius 3 is 2.62 bits per heavy atom. The smallest absolute Gasteiger partial charge is 0.251 e. The number of hydrogen-bond acceptors (Lipinski definition) is 6. The fraction of sp³-hybridized carbons (Fsp3) is 0.241. The fourth-order valence-electron chi connectivity index (χ4n) is 4.63. The van der Waals surface area contributed by atoms with Crippen LogP contribution in [0, 0.1) is 5.41 Å². The molecular formula is C29H29N5O3. The molecule has 0 fully saturated rings. The van der Waals surface area contributed by atoms with Gasteiger partial charge in [-0.15, -0.1) is 0 Å². The van der Waals surface area contributed by atoms with Crippen molar-refractivity contribution in [1.29, 1.82) is 0 Å². The third kappa shape index (κ3) is 5.76.